The number of fused-ring (bicyclic) bond motifs is 2. The Labute approximate surface area is 160 Å². The molecule has 4 nitrogen and oxygen atoms in total. The Hall–Kier alpha value is -3.14. The van der Waals surface area contributed by atoms with Gasteiger partial charge in [-0.25, -0.2) is 4.98 Å². The van der Waals surface area contributed by atoms with Crippen molar-refractivity contribution in [2.75, 3.05) is 17.4 Å². The Morgan fingerprint density at radius 2 is 1.81 bits per heavy atom. The van der Waals surface area contributed by atoms with Crippen LogP contribution in [0.1, 0.15) is 25.0 Å². The van der Waals surface area contributed by atoms with Crippen LogP contribution in [0.4, 0.5) is 11.5 Å². The molecule has 0 unspecified atom stereocenters. The maximum Gasteiger partial charge on any atom is 0.147 e. The molecule has 1 aromatic heterocycles. The number of hydrogen-bond acceptors (Lipinski definition) is 4. The van der Waals surface area contributed by atoms with E-state index in [4.69, 9.17) is 0 Å². The summed E-state index contributed by atoms with van der Waals surface area (Å²) in [7, 11) is 2.11. The minimum absolute atomic E-state index is 0.0465. The lowest BCUT2D eigenvalue weighted by Gasteiger charge is -2.23. The Bertz CT molecular complexity index is 1060. The number of aromatic nitrogens is 1. The summed E-state index contributed by atoms with van der Waals surface area (Å²) in [4.78, 5) is 6.86. The Balaban J connectivity index is 1.56. The largest absolute Gasteiger partial charge is 0.347 e. The van der Waals surface area contributed by atoms with E-state index in [9.17, 15) is 0 Å². The highest BCUT2D eigenvalue weighted by Crippen LogP contribution is 2.46. The number of aryl methyl sites for hydroxylation is 1. The molecule has 0 amide bonds. The lowest BCUT2D eigenvalue weighted by atomic mass is 9.84. The van der Waals surface area contributed by atoms with Gasteiger partial charge in [0.05, 0.1) is 5.52 Å². The first kappa shape index (κ1) is 17.3. The fourth-order valence-electron chi connectivity index (χ4n) is 3.92. The summed E-state index contributed by atoms with van der Waals surface area (Å²) in [5.74, 6) is 0.753. The quantitative estimate of drug-likeness (QED) is 0.514. The number of allylic oxidation sites excluding steroid dienone is 2. The van der Waals surface area contributed by atoms with E-state index in [1.165, 1.54) is 27.9 Å². The molecule has 0 radical (unpaired) electrons. The minimum atomic E-state index is -0.0465. The zero-order chi connectivity index (χ0) is 19.0. The molecule has 4 heteroatoms. The fraction of sp³-hybridized carbons (Fsp3) is 0.217. The maximum atomic E-state index is 4.63. The van der Waals surface area contributed by atoms with Crippen molar-refractivity contribution >= 4 is 28.6 Å². The van der Waals surface area contributed by atoms with Gasteiger partial charge in [-0.1, -0.05) is 50.2 Å². The lowest BCUT2D eigenvalue weighted by Crippen LogP contribution is -2.23. The molecule has 2 aromatic carbocycles. The van der Waals surface area contributed by atoms with E-state index < -0.39 is 0 Å². The SMILES string of the molecule is Cc1cc(NN=CC=C2N(C)c3ccccc3C2(C)C)nc2ccccc12. The third-order valence-corrected chi connectivity index (χ3v) is 5.35. The smallest absolute Gasteiger partial charge is 0.147 e. The predicted molar refractivity (Wildman–Crippen MR) is 115 cm³/mol. The number of hydrogen-bond donors (Lipinski definition) is 1. The lowest BCUT2D eigenvalue weighted by molar-refractivity contribution is 0.641. The monoisotopic (exact) mass is 356 g/mol. The third kappa shape index (κ3) is 2.97. The van der Waals surface area contributed by atoms with Crippen LogP contribution < -0.4 is 10.3 Å². The number of pyridine rings is 1. The molecule has 0 fully saturated rings. The van der Waals surface area contributed by atoms with Gasteiger partial charge in [-0.05, 0) is 42.3 Å². The Kier molecular flexibility index (Phi) is 4.19. The van der Waals surface area contributed by atoms with E-state index in [1.807, 2.05) is 30.5 Å². The summed E-state index contributed by atoms with van der Waals surface area (Å²) in [6.07, 6.45) is 3.88. The number of likely N-dealkylation sites (N-methyl/N-ethyl adjacent to an activating group) is 1. The van der Waals surface area contributed by atoms with Crippen LogP contribution in [0.25, 0.3) is 10.9 Å². The van der Waals surface area contributed by atoms with Gasteiger partial charge in [0.25, 0.3) is 0 Å². The molecular weight excluding hydrogens is 332 g/mol. The van der Waals surface area contributed by atoms with Crippen molar-refractivity contribution in [2.45, 2.75) is 26.2 Å². The first-order chi connectivity index (χ1) is 13.0. The summed E-state index contributed by atoms with van der Waals surface area (Å²) in [5, 5.41) is 5.54. The predicted octanol–water partition coefficient (Wildman–Crippen LogP) is 5.25. The van der Waals surface area contributed by atoms with Gasteiger partial charge in [-0.3, -0.25) is 5.43 Å². The van der Waals surface area contributed by atoms with Crippen LogP contribution in [0.15, 0.2) is 71.5 Å². The summed E-state index contributed by atoms with van der Waals surface area (Å²) in [5.41, 5.74) is 8.98. The molecule has 0 saturated carbocycles. The molecule has 1 N–H and O–H groups in total. The van der Waals surface area contributed by atoms with Crippen LogP contribution in [-0.2, 0) is 5.41 Å². The first-order valence-electron chi connectivity index (χ1n) is 9.18. The fourth-order valence-corrected chi connectivity index (χ4v) is 3.92. The van der Waals surface area contributed by atoms with Crippen molar-refractivity contribution in [1.82, 2.24) is 4.98 Å². The summed E-state index contributed by atoms with van der Waals surface area (Å²) in [6, 6.07) is 18.7. The van der Waals surface area contributed by atoms with Crippen molar-refractivity contribution in [1.29, 1.82) is 0 Å². The molecule has 0 bridgehead atoms. The number of hydrazone groups is 1. The second kappa shape index (κ2) is 6.54. The normalized spacial score (nSPS) is 17.0. The zero-order valence-electron chi connectivity index (χ0n) is 16.2. The molecule has 4 rings (SSSR count). The van der Waals surface area contributed by atoms with Gasteiger partial charge >= 0.3 is 0 Å². The second-order valence-corrected chi connectivity index (χ2v) is 7.48. The average Bonchev–Trinajstić information content (AvgIpc) is 2.86. The van der Waals surface area contributed by atoms with Gasteiger partial charge in [0.15, 0.2) is 0 Å². The third-order valence-electron chi connectivity index (χ3n) is 5.35. The van der Waals surface area contributed by atoms with Gasteiger partial charge in [-0.15, -0.1) is 0 Å². The number of nitrogens with zero attached hydrogens (tertiary/aromatic N) is 3. The minimum Gasteiger partial charge on any atom is -0.347 e. The number of nitrogens with one attached hydrogen (secondary N) is 1. The van der Waals surface area contributed by atoms with E-state index in [-0.39, 0.29) is 5.41 Å². The van der Waals surface area contributed by atoms with Crippen LogP contribution in [0.3, 0.4) is 0 Å². The maximum absolute atomic E-state index is 4.63. The molecule has 27 heavy (non-hydrogen) atoms. The van der Waals surface area contributed by atoms with E-state index in [1.54, 1.807) is 0 Å². The van der Waals surface area contributed by atoms with Crippen LogP contribution in [0.2, 0.25) is 0 Å². The number of benzene rings is 2. The molecule has 3 aromatic rings. The molecule has 0 spiro atoms. The van der Waals surface area contributed by atoms with Crippen LogP contribution in [0.5, 0.6) is 0 Å². The highest BCUT2D eigenvalue weighted by Gasteiger charge is 2.37. The van der Waals surface area contributed by atoms with Gasteiger partial charge in [0, 0.05) is 35.4 Å². The molecule has 2 heterocycles. The topological polar surface area (TPSA) is 40.5 Å². The van der Waals surface area contributed by atoms with E-state index in [0.717, 1.165) is 11.3 Å². The molecule has 1 aliphatic heterocycles. The molecule has 0 atom stereocenters. The molecule has 1 aliphatic rings. The molecule has 0 saturated heterocycles. The van der Waals surface area contributed by atoms with Crippen molar-refractivity contribution in [2.24, 2.45) is 5.10 Å². The van der Waals surface area contributed by atoms with Crippen LogP contribution in [-0.4, -0.2) is 18.2 Å². The van der Waals surface area contributed by atoms with E-state index >= 15 is 0 Å². The van der Waals surface area contributed by atoms with Crippen molar-refractivity contribution < 1.29 is 0 Å². The van der Waals surface area contributed by atoms with Gasteiger partial charge < -0.3 is 4.90 Å². The first-order valence-corrected chi connectivity index (χ1v) is 9.18. The van der Waals surface area contributed by atoms with Gasteiger partial charge in [-0.2, -0.15) is 5.10 Å². The summed E-state index contributed by atoms with van der Waals surface area (Å²) >= 11 is 0. The molecule has 136 valence electrons. The highest BCUT2D eigenvalue weighted by atomic mass is 15.3. The highest BCUT2D eigenvalue weighted by molar-refractivity contribution is 5.84. The van der Waals surface area contributed by atoms with E-state index in [2.05, 4.69) is 84.6 Å². The van der Waals surface area contributed by atoms with Gasteiger partial charge in [0.2, 0.25) is 0 Å². The van der Waals surface area contributed by atoms with Crippen molar-refractivity contribution in [3.8, 4) is 0 Å². The summed E-state index contributed by atoms with van der Waals surface area (Å²) in [6.45, 7) is 6.58. The standard InChI is InChI=1S/C23H24N4/c1-16-15-22(25-19-11-7-5-9-17(16)19)26-24-14-13-21-23(2,3)18-10-6-8-12-20(18)27(21)4/h5-15H,1-4H3,(H,25,26). The number of rotatable bonds is 3. The Morgan fingerprint density at radius 1 is 1.07 bits per heavy atom. The molecule has 0 aliphatic carbocycles. The summed E-state index contributed by atoms with van der Waals surface area (Å²) < 4.78 is 0. The van der Waals surface area contributed by atoms with Crippen LogP contribution >= 0.6 is 0 Å². The van der Waals surface area contributed by atoms with Crippen molar-refractivity contribution in [3.63, 3.8) is 0 Å². The zero-order valence-corrected chi connectivity index (χ0v) is 16.2. The van der Waals surface area contributed by atoms with Crippen molar-refractivity contribution in [3.05, 3.63) is 77.5 Å². The van der Waals surface area contributed by atoms with E-state index in [0.29, 0.717) is 0 Å². The van der Waals surface area contributed by atoms with Crippen LogP contribution in [0, 0.1) is 6.92 Å². The number of anilines is 2. The Morgan fingerprint density at radius 3 is 2.63 bits per heavy atom. The van der Waals surface area contributed by atoms with Gasteiger partial charge in [0.1, 0.15) is 5.82 Å². The number of para-hydroxylation sites is 2. The molecular formula is C23H24N4. The second-order valence-electron chi connectivity index (χ2n) is 7.48. The average molecular weight is 356 g/mol.